The second-order valence-electron chi connectivity index (χ2n) is 12.6. The van der Waals surface area contributed by atoms with E-state index in [1.54, 1.807) is 13.0 Å². The highest BCUT2D eigenvalue weighted by atomic mass is 16.6. The van der Waals surface area contributed by atoms with E-state index in [1.807, 2.05) is 48.5 Å². The molecule has 0 bridgehead atoms. The number of methoxy groups -OCH3 is 1. The molecule has 0 aliphatic heterocycles. The highest BCUT2D eigenvalue weighted by Gasteiger charge is 2.38. The normalized spacial score (nSPS) is 14.1. The van der Waals surface area contributed by atoms with Gasteiger partial charge in [-0.05, 0) is 41.9 Å². The molecule has 0 fully saturated rings. The molecule has 0 radical (unpaired) electrons. The van der Waals surface area contributed by atoms with Gasteiger partial charge in [0.25, 0.3) is 0 Å². The van der Waals surface area contributed by atoms with Gasteiger partial charge in [-0.1, -0.05) is 61.0 Å². The number of carbonyl (C=O) groups excluding carboxylic acids is 4. The van der Waals surface area contributed by atoms with E-state index >= 15 is 0 Å². The lowest BCUT2D eigenvalue weighted by molar-refractivity contribution is -0.155. The van der Waals surface area contributed by atoms with Crippen LogP contribution in [0, 0.1) is 10.8 Å². The fourth-order valence-corrected chi connectivity index (χ4v) is 3.96. The van der Waals surface area contributed by atoms with Crippen LogP contribution in [-0.2, 0) is 35.1 Å². The molecule has 0 aromatic heterocycles. The zero-order chi connectivity index (χ0) is 30.0. The van der Waals surface area contributed by atoms with Crippen molar-refractivity contribution in [3.8, 4) is 11.5 Å². The Morgan fingerprint density at radius 3 is 1.90 bits per heavy atom. The van der Waals surface area contributed by atoms with Gasteiger partial charge >= 0.3 is 23.9 Å². The number of rotatable bonds is 13. The van der Waals surface area contributed by atoms with E-state index in [2.05, 4.69) is 0 Å². The summed E-state index contributed by atoms with van der Waals surface area (Å²) in [5.74, 6) is -1.85. The minimum atomic E-state index is -1.53. The number of esters is 4. The van der Waals surface area contributed by atoms with Gasteiger partial charge in [-0.15, -0.1) is 0 Å². The van der Waals surface area contributed by atoms with Crippen LogP contribution in [0.3, 0.4) is 0 Å². The first kappa shape index (κ1) is 34.1. The van der Waals surface area contributed by atoms with Crippen molar-refractivity contribution in [3.63, 3.8) is 0 Å². The first-order valence-electron chi connectivity index (χ1n) is 13.5. The Balaban J connectivity index is 3.28. The molecule has 0 saturated carbocycles. The summed E-state index contributed by atoms with van der Waals surface area (Å²) in [5, 5.41) is 0. The molecule has 1 unspecified atom stereocenters. The average Bonchev–Trinajstić information content (AvgIpc) is 2.76. The van der Waals surface area contributed by atoms with Gasteiger partial charge < -0.3 is 24.7 Å². The third-order valence-corrected chi connectivity index (χ3v) is 5.64. The van der Waals surface area contributed by atoms with Crippen molar-refractivity contribution in [2.75, 3.05) is 7.11 Å². The Kier molecular flexibility index (Phi) is 12.6. The van der Waals surface area contributed by atoms with E-state index in [-0.39, 0.29) is 60.4 Å². The lowest BCUT2D eigenvalue weighted by Gasteiger charge is -2.29. The maximum Gasteiger partial charge on any atom is 0.326 e. The summed E-state index contributed by atoms with van der Waals surface area (Å²) >= 11 is 0. The maximum atomic E-state index is 12.8. The monoisotopic (exact) mass is 549 g/mol. The van der Waals surface area contributed by atoms with Gasteiger partial charge in [0.1, 0.15) is 11.6 Å². The van der Waals surface area contributed by atoms with Crippen LogP contribution < -0.4 is 15.2 Å². The number of carbonyl (C=O) groups is 4. The zero-order valence-corrected chi connectivity index (χ0v) is 25.1. The molecule has 2 N–H and O–H groups in total. The van der Waals surface area contributed by atoms with Crippen LogP contribution in [0.1, 0.15) is 99.5 Å². The van der Waals surface area contributed by atoms with Gasteiger partial charge in [0.2, 0.25) is 0 Å². The number of benzene rings is 1. The molecule has 220 valence electrons. The van der Waals surface area contributed by atoms with Gasteiger partial charge in [0, 0.05) is 19.3 Å². The van der Waals surface area contributed by atoms with Crippen molar-refractivity contribution in [1.29, 1.82) is 0 Å². The van der Waals surface area contributed by atoms with E-state index in [4.69, 9.17) is 24.7 Å². The van der Waals surface area contributed by atoms with E-state index in [0.717, 1.165) is 6.42 Å². The van der Waals surface area contributed by atoms with Crippen LogP contribution in [0.15, 0.2) is 18.2 Å². The van der Waals surface area contributed by atoms with E-state index < -0.39 is 29.6 Å². The molecule has 2 atom stereocenters. The maximum absolute atomic E-state index is 12.8. The van der Waals surface area contributed by atoms with Gasteiger partial charge in [0.15, 0.2) is 11.5 Å². The topological polar surface area (TPSA) is 131 Å². The Labute approximate surface area is 233 Å². The molecular weight excluding hydrogens is 502 g/mol. The summed E-state index contributed by atoms with van der Waals surface area (Å²) in [4.78, 5) is 50.0. The number of unbranched alkanes of at least 4 members (excludes halogenated alkanes) is 1. The fraction of sp³-hybridized carbons (Fsp3) is 0.667. The van der Waals surface area contributed by atoms with Crippen LogP contribution in [0.25, 0.3) is 0 Å². The van der Waals surface area contributed by atoms with E-state index in [1.165, 1.54) is 19.2 Å². The molecule has 9 nitrogen and oxygen atoms in total. The smallest absolute Gasteiger partial charge is 0.326 e. The van der Waals surface area contributed by atoms with Crippen LogP contribution in [0.4, 0.5) is 0 Å². The predicted molar refractivity (Wildman–Crippen MR) is 148 cm³/mol. The SMILES string of the molecule is CCCCC(=O)OC(C)C[C@@](N)(Cc1ccc(OC(=O)CC(C)(C)C)c(OC(=O)CC(C)(C)C)c1)C(=O)OC. The minimum absolute atomic E-state index is 0.00341. The predicted octanol–water partition coefficient (Wildman–Crippen LogP) is 5.29. The molecule has 0 aliphatic rings. The van der Waals surface area contributed by atoms with Crippen LogP contribution in [0.5, 0.6) is 11.5 Å². The first-order valence-corrected chi connectivity index (χ1v) is 13.5. The molecule has 39 heavy (non-hydrogen) atoms. The standard InChI is InChI=1S/C30H47NO8/c1-10-11-12-24(32)37-20(2)16-30(31,27(35)36-9)17-21-13-14-22(38-25(33)18-28(3,4)5)23(15-21)39-26(34)19-29(6,7)8/h13-15,20H,10-12,16-19,31H2,1-9H3/t20?,30-/m1/s1. The van der Waals surface area contributed by atoms with Gasteiger partial charge in [0.05, 0.1) is 20.0 Å². The van der Waals surface area contributed by atoms with Crippen molar-refractivity contribution < 1.29 is 38.1 Å². The molecule has 1 aromatic carbocycles. The van der Waals surface area contributed by atoms with E-state index in [0.29, 0.717) is 12.0 Å². The molecule has 0 heterocycles. The largest absolute Gasteiger partial charge is 0.468 e. The summed E-state index contributed by atoms with van der Waals surface area (Å²) in [6.07, 6.45) is 1.52. The molecule has 0 spiro atoms. The number of ether oxygens (including phenoxy) is 4. The molecule has 1 rings (SSSR count). The average molecular weight is 550 g/mol. The van der Waals surface area contributed by atoms with Crippen molar-refractivity contribution in [2.24, 2.45) is 16.6 Å². The molecule has 0 saturated heterocycles. The quantitative estimate of drug-likeness (QED) is 0.257. The summed E-state index contributed by atoms with van der Waals surface area (Å²) < 4.78 is 21.6. The third kappa shape index (κ3) is 13.1. The summed E-state index contributed by atoms with van der Waals surface area (Å²) in [6, 6.07) is 4.69. The zero-order valence-electron chi connectivity index (χ0n) is 25.1. The van der Waals surface area contributed by atoms with Crippen molar-refractivity contribution >= 4 is 23.9 Å². The molecular formula is C30H47NO8. The second kappa shape index (κ2) is 14.4. The number of nitrogens with two attached hydrogens (primary N) is 1. The summed E-state index contributed by atoms with van der Waals surface area (Å²) in [7, 11) is 1.24. The molecule has 0 amide bonds. The summed E-state index contributed by atoms with van der Waals surface area (Å²) in [5.41, 5.74) is 4.92. The van der Waals surface area contributed by atoms with Crippen LogP contribution >= 0.6 is 0 Å². The lowest BCUT2D eigenvalue weighted by Crippen LogP contribution is -2.53. The lowest BCUT2D eigenvalue weighted by atomic mass is 9.86. The van der Waals surface area contributed by atoms with E-state index in [9.17, 15) is 19.2 Å². The highest BCUT2D eigenvalue weighted by molar-refractivity contribution is 5.81. The second-order valence-corrected chi connectivity index (χ2v) is 12.6. The molecule has 9 heteroatoms. The fourth-order valence-electron chi connectivity index (χ4n) is 3.96. The third-order valence-electron chi connectivity index (χ3n) is 5.64. The number of hydrogen-bond acceptors (Lipinski definition) is 9. The molecule has 1 aromatic rings. The van der Waals surface area contributed by atoms with Crippen molar-refractivity contribution in [1.82, 2.24) is 0 Å². The van der Waals surface area contributed by atoms with Crippen LogP contribution in [0.2, 0.25) is 0 Å². The van der Waals surface area contributed by atoms with Gasteiger partial charge in [-0.2, -0.15) is 0 Å². The van der Waals surface area contributed by atoms with Gasteiger partial charge in [-0.25, -0.2) is 0 Å². The molecule has 0 aliphatic carbocycles. The Morgan fingerprint density at radius 2 is 1.41 bits per heavy atom. The van der Waals surface area contributed by atoms with Crippen molar-refractivity contribution in [3.05, 3.63) is 23.8 Å². The summed E-state index contributed by atoms with van der Waals surface area (Å²) in [6.45, 7) is 15.1. The van der Waals surface area contributed by atoms with Crippen molar-refractivity contribution in [2.45, 2.75) is 112 Å². The number of hydrogen-bond donors (Lipinski definition) is 1. The van der Waals surface area contributed by atoms with Gasteiger partial charge in [-0.3, -0.25) is 19.2 Å². The Hall–Kier alpha value is -2.94. The Morgan fingerprint density at radius 1 is 0.872 bits per heavy atom. The highest BCUT2D eigenvalue weighted by Crippen LogP contribution is 2.33. The Bertz CT molecular complexity index is 1010. The van der Waals surface area contributed by atoms with Crippen LogP contribution in [-0.4, -0.2) is 42.6 Å². The first-order chi connectivity index (χ1) is 17.9. The minimum Gasteiger partial charge on any atom is -0.468 e.